The maximum absolute atomic E-state index is 15.1. The Balaban J connectivity index is 1.38. The van der Waals surface area contributed by atoms with Crippen molar-refractivity contribution in [3.05, 3.63) is 88.0 Å². The van der Waals surface area contributed by atoms with Crippen LogP contribution in [0.1, 0.15) is 114 Å². The van der Waals surface area contributed by atoms with Crippen molar-refractivity contribution < 1.29 is 89.8 Å². The number of epoxide rings is 1. The number of carbonyl (C=O) groups is 9. The predicted octanol–water partition coefficient (Wildman–Crippen LogP) is 6.91. The normalized spacial score (nSPS) is 23.8. The highest BCUT2D eigenvalue weighted by atomic mass is 79.9. The summed E-state index contributed by atoms with van der Waals surface area (Å²) in [5.41, 5.74) is 0.806. The van der Waals surface area contributed by atoms with Gasteiger partial charge in [-0.1, -0.05) is 78.7 Å². The molecule has 29 heteroatoms. The molecule has 8 N–H and O–H groups in total. The Bertz CT molecular complexity index is 3080. The zero-order valence-electron chi connectivity index (χ0n) is 51.9. The molecule has 2 aromatic rings. The smallest absolute Gasteiger partial charge is 0.418 e. The Morgan fingerprint density at radius 1 is 1.03 bits per heavy atom. The molecule has 3 aliphatic rings. The average Bonchev–Trinajstić information content (AvgIpc) is 1.57. The van der Waals surface area contributed by atoms with E-state index in [-0.39, 0.29) is 66.2 Å². The van der Waals surface area contributed by atoms with Gasteiger partial charge in [0.05, 0.1) is 43.2 Å². The molecular formula is C61H81BrClF3N8O16. The summed E-state index contributed by atoms with van der Waals surface area (Å²) in [6, 6.07) is 0.438. The highest BCUT2D eigenvalue weighted by Gasteiger charge is 2.64. The van der Waals surface area contributed by atoms with E-state index >= 15 is 13.2 Å². The number of aliphatic hydroxyl groups is 1. The quantitative estimate of drug-likeness (QED) is 0.0140. The Kier molecular flexibility index (Phi) is 26.2. The minimum absolute atomic E-state index is 0.00241. The lowest BCUT2D eigenvalue weighted by molar-refractivity contribution is -0.158. The van der Waals surface area contributed by atoms with Crippen LogP contribution in [-0.2, 0) is 65.0 Å². The highest BCUT2D eigenvalue weighted by molar-refractivity contribution is 9.09. The molecule has 90 heavy (non-hydrogen) atoms. The van der Waals surface area contributed by atoms with E-state index in [1.165, 1.54) is 33.1 Å². The molecule has 2 saturated heterocycles. The van der Waals surface area contributed by atoms with Crippen molar-refractivity contribution in [3.63, 3.8) is 0 Å². The van der Waals surface area contributed by atoms with E-state index in [9.17, 15) is 48.3 Å². The Labute approximate surface area is 533 Å². The van der Waals surface area contributed by atoms with Crippen LogP contribution in [0, 0.1) is 11.8 Å². The van der Waals surface area contributed by atoms with Crippen molar-refractivity contribution in [1.82, 2.24) is 26.2 Å². The number of amides is 8. The van der Waals surface area contributed by atoms with Crippen molar-refractivity contribution in [2.75, 3.05) is 57.0 Å². The first kappa shape index (κ1) is 73.5. The van der Waals surface area contributed by atoms with E-state index in [0.29, 0.717) is 37.3 Å². The first-order valence-corrected chi connectivity index (χ1v) is 30.6. The second kappa shape index (κ2) is 32.1. The van der Waals surface area contributed by atoms with Crippen molar-refractivity contribution in [2.24, 2.45) is 17.6 Å². The molecule has 2 aromatic carbocycles. The molecule has 5 rings (SSSR count). The lowest BCUT2D eigenvalue weighted by Gasteiger charge is -2.42. The molecule has 4 bridgehead atoms. The number of urea groups is 1. The number of ether oxygens (including phenoxy) is 6. The van der Waals surface area contributed by atoms with E-state index in [4.69, 9.17) is 45.8 Å². The maximum atomic E-state index is 15.1. The van der Waals surface area contributed by atoms with Crippen molar-refractivity contribution >= 4 is 92.5 Å². The fourth-order valence-corrected chi connectivity index (χ4v) is 10.9. The molecule has 3 aliphatic heterocycles. The van der Waals surface area contributed by atoms with Crippen LogP contribution in [0.15, 0.2) is 66.3 Å². The van der Waals surface area contributed by atoms with Crippen LogP contribution in [-0.4, -0.2) is 164 Å². The minimum Gasteiger partial charge on any atom is -0.495 e. The summed E-state index contributed by atoms with van der Waals surface area (Å²) in [4.78, 5) is 122. The SMILES string of the molecule is C=C(CBr)C(=O)OCCCCCC(=O)N[C@H](C(=O)N[C@@H](CCCNC(N)=O)C(=O)Nc1ccc(C(=O)N(C)[C@@H](C)C(=O)O[C@H]2CC(=O)N(C)c3cc(cc(OC)c3Cl)C/C(C)=C/C=C/[C@@H](OC)[C@@]3(O)C[C@H](OC(=O)N3)[C@@H](C)[C@@H]3O[C@@]23C)cc1C(F)(F)F)C(C)C. The van der Waals surface area contributed by atoms with Crippen molar-refractivity contribution in [2.45, 2.75) is 159 Å². The number of hydrogen-bond donors (Lipinski definition) is 7. The van der Waals surface area contributed by atoms with E-state index in [1.54, 1.807) is 58.1 Å². The number of allylic oxidation sites excluding steroid dienone is 3. The molecule has 2 fully saturated rings. The van der Waals surface area contributed by atoms with Gasteiger partial charge >= 0.3 is 30.2 Å². The van der Waals surface area contributed by atoms with Gasteiger partial charge in [-0.25, -0.2) is 19.2 Å². The van der Waals surface area contributed by atoms with Gasteiger partial charge in [-0.05, 0) is 101 Å². The van der Waals surface area contributed by atoms with Gasteiger partial charge in [0.2, 0.25) is 23.6 Å². The van der Waals surface area contributed by atoms with Crippen LogP contribution in [0.5, 0.6) is 5.75 Å². The molecule has 3 heterocycles. The van der Waals surface area contributed by atoms with Gasteiger partial charge in [-0.3, -0.25) is 29.3 Å². The van der Waals surface area contributed by atoms with Gasteiger partial charge in [0.1, 0.15) is 52.8 Å². The number of alkyl carbamates (subject to hydrolysis) is 1. The molecular weight excluding hydrogens is 1270 g/mol. The molecule has 0 spiro atoms. The molecule has 0 aliphatic carbocycles. The van der Waals surface area contributed by atoms with Gasteiger partial charge in [-0.15, -0.1) is 0 Å². The standard InChI is InChI=1S/C61H81BrClF3N8O16/c1-32(2)50(71-47(75)20-13-12-14-24-87-55(80)34(4)31-62)53(78)70-41(18-16-23-68-57(67)82)52(77)69-40-22-21-38(28-39(40)61(64,65)66)54(79)73(8)36(6)56(81)89-46-29-48(76)74(9)42-26-37(27-43(85-10)49(42)63)25-33(3)17-15-19-45(86-11)60(84)30-44(88-58(83)72-60)35(5)51-59(46,7)90-51/h15,17,19,21-22,26-28,32,35-36,41,44-46,50-51,84H,4,12-14,16,18,20,23-25,29-31H2,1-3,5-11H3,(H,69,77)(H,70,78)(H,71,75)(H,72,83)(H3,67,68,82)/b19-15+,33-17+/t35-,36+,41+,44+,45-,46+,50+,51+,59+,60+/m1/s1. The zero-order valence-corrected chi connectivity index (χ0v) is 54.3. The van der Waals surface area contributed by atoms with Crippen LogP contribution >= 0.6 is 27.5 Å². The summed E-state index contributed by atoms with van der Waals surface area (Å²) < 4.78 is 79.6. The first-order chi connectivity index (χ1) is 42.2. The first-order valence-electron chi connectivity index (χ1n) is 29.1. The van der Waals surface area contributed by atoms with Gasteiger partial charge in [-0.2, -0.15) is 13.2 Å². The number of alkyl halides is 4. The molecule has 496 valence electrons. The lowest BCUT2D eigenvalue weighted by Crippen LogP contribution is -2.63. The van der Waals surface area contributed by atoms with E-state index < -0.39 is 149 Å². The Morgan fingerprint density at radius 3 is 2.37 bits per heavy atom. The molecule has 10 atom stereocenters. The number of nitrogens with zero attached hydrogens (tertiary/aromatic N) is 2. The fourth-order valence-electron chi connectivity index (χ4n) is 10.3. The van der Waals surface area contributed by atoms with E-state index in [1.807, 2.05) is 6.92 Å². The summed E-state index contributed by atoms with van der Waals surface area (Å²) in [5, 5.41) is 24.4. The van der Waals surface area contributed by atoms with Gasteiger partial charge in [0.15, 0.2) is 5.72 Å². The van der Waals surface area contributed by atoms with Crippen LogP contribution in [0.25, 0.3) is 0 Å². The van der Waals surface area contributed by atoms with Crippen molar-refractivity contribution in [3.8, 4) is 5.75 Å². The number of primary amides is 1. The maximum Gasteiger partial charge on any atom is 0.418 e. The lowest BCUT2D eigenvalue weighted by atomic mass is 9.83. The predicted molar refractivity (Wildman–Crippen MR) is 328 cm³/mol. The summed E-state index contributed by atoms with van der Waals surface area (Å²) in [7, 11) is 5.35. The third-order valence-corrected chi connectivity index (χ3v) is 16.9. The summed E-state index contributed by atoms with van der Waals surface area (Å²) in [6.07, 6.45) is -4.99. The summed E-state index contributed by atoms with van der Waals surface area (Å²) in [5.74, 6) is -6.93. The molecule has 0 aromatic heterocycles. The summed E-state index contributed by atoms with van der Waals surface area (Å²) in [6.45, 7) is 13.2. The number of hydrogen-bond acceptors (Lipinski definition) is 16. The number of rotatable bonds is 24. The second-order valence-corrected chi connectivity index (χ2v) is 24.0. The topological polar surface area (TPSA) is 325 Å². The van der Waals surface area contributed by atoms with Crippen LogP contribution in [0.2, 0.25) is 5.02 Å². The molecule has 0 unspecified atom stereocenters. The van der Waals surface area contributed by atoms with Gasteiger partial charge in [0, 0.05) is 63.0 Å². The number of likely N-dealkylation sites (N-methyl/N-ethyl adjacent to an activating group) is 1. The number of esters is 2. The third-order valence-electron chi connectivity index (χ3n) is 15.9. The highest BCUT2D eigenvalue weighted by Crippen LogP contribution is 2.49. The van der Waals surface area contributed by atoms with Gasteiger partial charge < -0.3 is 70.3 Å². The minimum atomic E-state index is -5.22. The average molecular weight is 1350 g/mol. The number of halogens is 5. The van der Waals surface area contributed by atoms with E-state index in [2.05, 4.69) is 49.1 Å². The Hall–Kier alpha value is -7.27. The second-order valence-electron chi connectivity index (χ2n) is 23.0. The number of fused-ring (bicyclic) bond motifs is 5. The number of benzene rings is 2. The Morgan fingerprint density at radius 2 is 1.73 bits per heavy atom. The third kappa shape index (κ3) is 19.4. The number of carbonyl (C=O) groups excluding carboxylic acids is 9. The number of nitrogens with two attached hydrogens (primary N) is 1. The number of anilines is 2. The largest absolute Gasteiger partial charge is 0.495 e. The van der Waals surface area contributed by atoms with Crippen LogP contribution in [0.3, 0.4) is 0 Å². The number of nitrogens with one attached hydrogen (secondary N) is 5. The molecule has 0 radical (unpaired) electrons. The summed E-state index contributed by atoms with van der Waals surface area (Å²) >= 11 is 9.95. The molecule has 24 nitrogen and oxygen atoms in total. The molecule has 0 saturated carbocycles. The number of methoxy groups -OCH3 is 2. The van der Waals surface area contributed by atoms with E-state index in [0.717, 1.165) is 29.7 Å². The zero-order chi connectivity index (χ0) is 67.2. The van der Waals surface area contributed by atoms with Crippen LogP contribution < -0.4 is 42.0 Å². The van der Waals surface area contributed by atoms with Crippen LogP contribution in [0.4, 0.5) is 34.1 Å². The fraction of sp³-hybridized carbons (Fsp3) is 0.557. The monoisotopic (exact) mass is 1350 g/mol. The van der Waals surface area contributed by atoms with Gasteiger partial charge in [0.25, 0.3) is 5.91 Å². The number of unbranched alkanes of at least 4 members (excludes halogenated alkanes) is 2. The molecule has 8 amide bonds. The van der Waals surface area contributed by atoms with Crippen molar-refractivity contribution in [1.29, 1.82) is 0 Å².